The molecule has 0 bridgehead atoms. The van der Waals surface area contributed by atoms with Gasteiger partial charge in [-0.15, -0.1) is 0 Å². The molecule has 0 spiro atoms. The van der Waals surface area contributed by atoms with Crippen molar-refractivity contribution in [2.24, 2.45) is 0 Å². The predicted octanol–water partition coefficient (Wildman–Crippen LogP) is 3.33. The Labute approximate surface area is 190 Å². The number of aliphatic hydroxyl groups excluding tert-OH is 1. The van der Waals surface area contributed by atoms with E-state index in [4.69, 9.17) is 22.1 Å². The van der Waals surface area contributed by atoms with Crippen LogP contribution in [0.25, 0.3) is 0 Å². The first-order valence-electron chi connectivity index (χ1n) is 9.00. The van der Waals surface area contributed by atoms with Crippen molar-refractivity contribution in [2.45, 2.75) is 18.4 Å². The molecule has 0 fully saturated rings. The molecule has 0 aliphatic carbocycles. The van der Waals surface area contributed by atoms with E-state index in [0.29, 0.717) is 11.3 Å². The van der Waals surface area contributed by atoms with E-state index in [1.54, 1.807) is 6.92 Å². The third-order valence-corrected chi connectivity index (χ3v) is 5.59. The Morgan fingerprint density at radius 3 is 2.72 bits per heavy atom. The summed E-state index contributed by atoms with van der Waals surface area (Å²) in [4.78, 5) is 8.06. The molecule has 11 heteroatoms. The van der Waals surface area contributed by atoms with Gasteiger partial charge in [0.05, 0.1) is 36.9 Å². The molecular formula is C21H17ClF2N4O3S. The molecule has 2 aromatic carbocycles. The monoisotopic (exact) mass is 478 g/mol. The average molecular weight is 479 g/mol. The Morgan fingerprint density at radius 1 is 1.31 bits per heavy atom. The van der Waals surface area contributed by atoms with E-state index in [1.807, 2.05) is 0 Å². The Kier molecular flexibility index (Phi) is 7.25. The fourth-order valence-corrected chi connectivity index (χ4v) is 4.08. The molecule has 1 unspecified atom stereocenters. The summed E-state index contributed by atoms with van der Waals surface area (Å²) < 4.78 is 49.7. The van der Waals surface area contributed by atoms with Crippen molar-refractivity contribution in [2.75, 3.05) is 17.6 Å². The highest BCUT2D eigenvalue weighted by atomic mass is 35.5. The first-order valence-corrected chi connectivity index (χ1v) is 10.5. The Morgan fingerprint density at radius 2 is 2.06 bits per heavy atom. The van der Waals surface area contributed by atoms with Crippen LogP contribution in [0, 0.1) is 30.4 Å². The van der Waals surface area contributed by atoms with Crippen molar-refractivity contribution in [1.82, 2.24) is 9.97 Å². The van der Waals surface area contributed by atoms with Crippen LogP contribution in [0.4, 0.5) is 20.3 Å². The number of aliphatic hydroxyl groups is 1. The van der Waals surface area contributed by atoms with Crippen LogP contribution in [0.3, 0.4) is 0 Å². The van der Waals surface area contributed by atoms with Gasteiger partial charge in [0.1, 0.15) is 28.0 Å². The molecule has 0 radical (unpaired) electrons. The molecular weight excluding hydrogens is 462 g/mol. The number of hydrogen-bond acceptors (Lipinski definition) is 6. The van der Waals surface area contributed by atoms with E-state index >= 15 is 0 Å². The summed E-state index contributed by atoms with van der Waals surface area (Å²) in [6.07, 6.45) is 1.28. The molecule has 1 heterocycles. The van der Waals surface area contributed by atoms with Crippen LogP contribution < -0.4 is 15.2 Å². The van der Waals surface area contributed by atoms with Gasteiger partial charge in [0.25, 0.3) is 0 Å². The zero-order chi connectivity index (χ0) is 23.4. The maximum absolute atomic E-state index is 15.0. The number of rotatable bonds is 5. The van der Waals surface area contributed by atoms with Crippen molar-refractivity contribution in [3.05, 3.63) is 69.6 Å². The van der Waals surface area contributed by atoms with Crippen molar-refractivity contribution in [3.8, 4) is 17.6 Å². The van der Waals surface area contributed by atoms with Gasteiger partial charge in [-0.3, -0.25) is 4.72 Å². The summed E-state index contributed by atoms with van der Waals surface area (Å²) in [7, 11) is -0.726. The predicted molar refractivity (Wildman–Crippen MR) is 117 cm³/mol. The van der Waals surface area contributed by atoms with Crippen LogP contribution in [0.1, 0.15) is 22.5 Å². The lowest BCUT2D eigenvalue weighted by atomic mass is 10.1. The quantitative estimate of drug-likeness (QED) is 0.485. The highest BCUT2D eigenvalue weighted by molar-refractivity contribution is 7.86. The second kappa shape index (κ2) is 9.91. The van der Waals surface area contributed by atoms with Gasteiger partial charge in [0, 0.05) is 10.6 Å². The molecule has 0 saturated heterocycles. The molecule has 0 aliphatic rings. The smallest absolute Gasteiger partial charge is 0.165 e. The first kappa shape index (κ1) is 23.4. The number of aromatic nitrogens is 2. The number of nitrogens with one attached hydrogen (secondary N) is 1. The SMILES string of the molecule is COc1c(CO)cc(Cl)cc1S(=O)Nc1ccc(F)c(C#Cc2cnc(N)c(C)n2)c1F. The van der Waals surface area contributed by atoms with Crippen LogP contribution in [-0.2, 0) is 17.6 Å². The summed E-state index contributed by atoms with van der Waals surface area (Å²) in [6.45, 7) is 1.22. The van der Waals surface area contributed by atoms with Gasteiger partial charge in [-0.25, -0.2) is 23.0 Å². The van der Waals surface area contributed by atoms with Gasteiger partial charge in [-0.1, -0.05) is 17.5 Å². The van der Waals surface area contributed by atoms with Crippen LogP contribution in [0.15, 0.2) is 35.4 Å². The zero-order valence-corrected chi connectivity index (χ0v) is 18.4. The van der Waals surface area contributed by atoms with Crippen molar-refractivity contribution in [1.29, 1.82) is 0 Å². The second-order valence-corrected chi connectivity index (χ2v) is 8.00. The average Bonchev–Trinajstić information content (AvgIpc) is 2.77. The van der Waals surface area contributed by atoms with E-state index in [1.165, 1.54) is 25.4 Å². The second-order valence-electron chi connectivity index (χ2n) is 6.39. The maximum Gasteiger partial charge on any atom is 0.165 e. The van der Waals surface area contributed by atoms with Gasteiger partial charge in [-0.2, -0.15) is 0 Å². The van der Waals surface area contributed by atoms with Gasteiger partial charge in [0.2, 0.25) is 0 Å². The number of methoxy groups -OCH3 is 1. The lowest BCUT2D eigenvalue weighted by Crippen LogP contribution is -2.10. The number of nitrogens with two attached hydrogens (primary N) is 1. The summed E-state index contributed by atoms with van der Waals surface area (Å²) in [5, 5.41) is 9.67. The molecule has 3 rings (SSSR count). The molecule has 4 N–H and O–H groups in total. The van der Waals surface area contributed by atoms with Crippen LogP contribution in [0.2, 0.25) is 5.02 Å². The van der Waals surface area contributed by atoms with Crippen molar-refractivity contribution >= 4 is 34.1 Å². The summed E-state index contributed by atoms with van der Waals surface area (Å²) in [6, 6.07) is 4.88. The number of anilines is 2. The number of aryl methyl sites for hydroxylation is 1. The molecule has 32 heavy (non-hydrogen) atoms. The number of halogens is 3. The van der Waals surface area contributed by atoms with Gasteiger partial charge in [-0.05, 0) is 37.1 Å². The van der Waals surface area contributed by atoms with E-state index in [2.05, 4.69) is 26.5 Å². The fraction of sp³-hybridized carbons (Fsp3) is 0.143. The molecule has 166 valence electrons. The number of ether oxygens (including phenoxy) is 1. The zero-order valence-electron chi connectivity index (χ0n) is 16.9. The van der Waals surface area contributed by atoms with E-state index < -0.39 is 34.8 Å². The van der Waals surface area contributed by atoms with E-state index in [0.717, 1.165) is 12.1 Å². The minimum absolute atomic E-state index is 0.0769. The third-order valence-electron chi connectivity index (χ3n) is 4.26. The Balaban J connectivity index is 1.96. The highest BCUT2D eigenvalue weighted by Crippen LogP contribution is 2.32. The molecule has 1 aromatic heterocycles. The maximum atomic E-state index is 15.0. The van der Waals surface area contributed by atoms with Crippen molar-refractivity contribution < 1.29 is 22.8 Å². The molecule has 0 aliphatic heterocycles. The lowest BCUT2D eigenvalue weighted by molar-refractivity contribution is 0.272. The van der Waals surface area contributed by atoms with E-state index in [9.17, 15) is 18.1 Å². The molecule has 0 amide bonds. The topological polar surface area (TPSA) is 110 Å². The van der Waals surface area contributed by atoms with Gasteiger partial charge in [0.15, 0.2) is 16.8 Å². The summed E-state index contributed by atoms with van der Waals surface area (Å²) >= 11 is 6.01. The van der Waals surface area contributed by atoms with Crippen molar-refractivity contribution in [3.63, 3.8) is 0 Å². The molecule has 1 atom stereocenters. The van der Waals surface area contributed by atoms with Crippen LogP contribution in [-0.4, -0.2) is 26.4 Å². The number of nitrogen functional groups attached to an aromatic ring is 1. The molecule has 3 aromatic rings. The minimum atomic E-state index is -2.06. The van der Waals surface area contributed by atoms with Gasteiger partial charge >= 0.3 is 0 Å². The summed E-state index contributed by atoms with van der Waals surface area (Å²) in [5.74, 6) is 3.32. The highest BCUT2D eigenvalue weighted by Gasteiger charge is 2.19. The molecule has 0 saturated carbocycles. The number of benzene rings is 2. The summed E-state index contributed by atoms with van der Waals surface area (Å²) in [5.41, 5.74) is 5.70. The largest absolute Gasteiger partial charge is 0.495 e. The minimum Gasteiger partial charge on any atom is -0.495 e. The van der Waals surface area contributed by atoms with Crippen LogP contribution in [0.5, 0.6) is 5.75 Å². The van der Waals surface area contributed by atoms with Crippen LogP contribution >= 0.6 is 11.6 Å². The number of nitrogens with zero attached hydrogens (tertiary/aromatic N) is 2. The Hall–Kier alpha value is -3.26. The standard InChI is InChI=1S/C21H17ClF2N4O3S/c1-11-21(25)26-9-14(27-11)3-4-15-16(23)5-6-17(19(15)24)28-32(30)18-8-13(22)7-12(10-29)20(18)31-2/h5-9,28-29H,10H2,1-2H3,(H2,25,26). The number of hydrogen-bond donors (Lipinski definition) is 3. The Bertz CT molecular complexity index is 1280. The normalized spacial score (nSPS) is 11.4. The fourth-order valence-electron chi connectivity index (χ4n) is 2.69. The van der Waals surface area contributed by atoms with Gasteiger partial charge < -0.3 is 15.6 Å². The third kappa shape index (κ3) is 4.96. The van der Waals surface area contributed by atoms with E-state index in [-0.39, 0.29) is 32.9 Å². The molecule has 7 nitrogen and oxygen atoms in total. The first-order chi connectivity index (χ1) is 15.2. The lowest BCUT2D eigenvalue weighted by Gasteiger charge is -2.14.